The molecule has 3 rings (SSSR count). The third-order valence-electron chi connectivity index (χ3n) is 2.62. The Hall–Kier alpha value is -2.36. The van der Waals surface area contributed by atoms with Gasteiger partial charge in [0, 0.05) is 11.6 Å². The van der Waals surface area contributed by atoms with E-state index >= 15 is 0 Å². The van der Waals surface area contributed by atoms with Crippen molar-refractivity contribution < 1.29 is 9.60 Å². The Morgan fingerprint density at radius 1 is 1.06 bits per heavy atom. The first-order valence-electron chi connectivity index (χ1n) is 5.18. The zero-order chi connectivity index (χ0) is 11.8. The number of hydrogen-bond acceptors (Lipinski definition) is 2. The van der Waals surface area contributed by atoms with Gasteiger partial charge in [-0.2, -0.15) is 4.73 Å². The second-order valence-electron chi connectivity index (χ2n) is 3.75. The van der Waals surface area contributed by atoms with Gasteiger partial charge in [-0.1, -0.05) is 30.3 Å². The predicted octanol–water partition coefficient (Wildman–Crippen LogP) is 3.08. The van der Waals surface area contributed by atoms with E-state index in [1.807, 2.05) is 30.3 Å². The van der Waals surface area contributed by atoms with E-state index in [0.29, 0.717) is 16.9 Å². The number of nitrogens with zero attached hydrogens (tertiary/aromatic N) is 2. The first kappa shape index (κ1) is 9.84. The van der Waals surface area contributed by atoms with Crippen LogP contribution in [0.25, 0.3) is 22.4 Å². The highest BCUT2D eigenvalue weighted by atomic mass is 19.1. The van der Waals surface area contributed by atoms with Crippen LogP contribution in [0.1, 0.15) is 0 Å². The monoisotopic (exact) mass is 228 g/mol. The molecular formula is C13H9FN2O. The van der Waals surface area contributed by atoms with Crippen LogP contribution in [0.4, 0.5) is 4.39 Å². The molecule has 0 aliphatic carbocycles. The number of rotatable bonds is 1. The topological polar surface area (TPSA) is 38.0 Å². The van der Waals surface area contributed by atoms with Gasteiger partial charge in [-0.25, -0.2) is 9.37 Å². The fraction of sp³-hybridized carbons (Fsp3) is 0. The van der Waals surface area contributed by atoms with Gasteiger partial charge in [0.05, 0.1) is 5.52 Å². The van der Waals surface area contributed by atoms with Gasteiger partial charge >= 0.3 is 0 Å². The quantitative estimate of drug-likeness (QED) is 0.650. The SMILES string of the molecule is On1c(-c2ccccc2)nc2ccc(F)cc21. The summed E-state index contributed by atoms with van der Waals surface area (Å²) in [5, 5.41) is 9.95. The molecule has 0 unspecified atom stereocenters. The molecule has 3 aromatic rings. The summed E-state index contributed by atoms with van der Waals surface area (Å²) < 4.78 is 14.0. The minimum atomic E-state index is -0.396. The zero-order valence-corrected chi connectivity index (χ0v) is 8.84. The summed E-state index contributed by atoms with van der Waals surface area (Å²) in [4.78, 5) is 4.27. The van der Waals surface area contributed by atoms with Crippen LogP contribution >= 0.6 is 0 Å². The first-order valence-corrected chi connectivity index (χ1v) is 5.18. The summed E-state index contributed by atoms with van der Waals surface area (Å²) >= 11 is 0. The number of halogens is 1. The third-order valence-corrected chi connectivity index (χ3v) is 2.62. The molecule has 0 spiro atoms. The van der Waals surface area contributed by atoms with Gasteiger partial charge in [0.25, 0.3) is 0 Å². The molecule has 0 amide bonds. The molecule has 1 N–H and O–H groups in total. The maximum atomic E-state index is 13.1. The van der Waals surface area contributed by atoms with Gasteiger partial charge in [-0.15, -0.1) is 0 Å². The molecule has 0 aliphatic rings. The van der Waals surface area contributed by atoms with E-state index in [-0.39, 0.29) is 0 Å². The lowest BCUT2D eigenvalue weighted by atomic mass is 10.2. The number of benzene rings is 2. The van der Waals surface area contributed by atoms with Crippen LogP contribution in [0.5, 0.6) is 0 Å². The van der Waals surface area contributed by atoms with Crippen molar-refractivity contribution in [3.63, 3.8) is 0 Å². The largest absolute Gasteiger partial charge is 0.426 e. The van der Waals surface area contributed by atoms with Gasteiger partial charge in [-0.3, -0.25) is 0 Å². The highest BCUT2D eigenvalue weighted by molar-refractivity contribution is 5.80. The fourth-order valence-electron chi connectivity index (χ4n) is 1.81. The third kappa shape index (κ3) is 1.54. The minimum absolute atomic E-state index is 0.365. The molecule has 0 bridgehead atoms. The highest BCUT2D eigenvalue weighted by Crippen LogP contribution is 2.23. The molecule has 1 aromatic heterocycles. The Kier molecular flexibility index (Phi) is 2.08. The van der Waals surface area contributed by atoms with Gasteiger partial charge in [0.15, 0.2) is 5.82 Å². The molecular weight excluding hydrogens is 219 g/mol. The lowest BCUT2D eigenvalue weighted by Gasteiger charge is -1.99. The number of hydrogen-bond donors (Lipinski definition) is 1. The Bertz CT molecular complexity index is 676. The molecule has 0 radical (unpaired) electrons. The number of fused-ring (bicyclic) bond motifs is 1. The van der Waals surface area contributed by atoms with Crippen LogP contribution in [-0.2, 0) is 0 Å². The molecule has 17 heavy (non-hydrogen) atoms. The maximum Gasteiger partial charge on any atom is 0.176 e. The highest BCUT2D eigenvalue weighted by Gasteiger charge is 2.11. The van der Waals surface area contributed by atoms with E-state index in [4.69, 9.17) is 0 Å². The molecule has 0 fully saturated rings. The van der Waals surface area contributed by atoms with Crippen LogP contribution in [0.2, 0.25) is 0 Å². The van der Waals surface area contributed by atoms with Gasteiger partial charge in [0.1, 0.15) is 11.3 Å². The molecule has 0 saturated heterocycles. The average molecular weight is 228 g/mol. The number of aromatic nitrogens is 2. The van der Waals surface area contributed by atoms with E-state index < -0.39 is 5.82 Å². The summed E-state index contributed by atoms with van der Waals surface area (Å²) in [6, 6.07) is 13.4. The second-order valence-corrected chi connectivity index (χ2v) is 3.75. The smallest absolute Gasteiger partial charge is 0.176 e. The summed E-state index contributed by atoms with van der Waals surface area (Å²) in [5.74, 6) is 0.0125. The van der Waals surface area contributed by atoms with Crippen molar-refractivity contribution >= 4 is 11.0 Å². The first-order chi connectivity index (χ1) is 8.25. The second kappa shape index (κ2) is 3.59. The van der Waals surface area contributed by atoms with Crippen molar-refractivity contribution in [2.75, 3.05) is 0 Å². The fourth-order valence-corrected chi connectivity index (χ4v) is 1.81. The maximum absolute atomic E-state index is 13.1. The molecule has 0 atom stereocenters. The predicted molar refractivity (Wildman–Crippen MR) is 62.3 cm³/mol. The molecule has 84 valence electrons. The standard InChI is InChI=1S/C13H9FN2O/c14-10-6-7-11-12(8-10)16(17)13(15-11)9-4-2-1-3-5-9/h1-8,17H. The lowest BCUT2D eigenvalue weighted by Crippen LogP contribution is -1.93. The molecule has 0 aliphatic heterocycles. The van der Waals surface area contributed by atoms with Crippen molar-refractivity contribution in [1.82, 2.24) is 9.71 Å². The van der Waals surface area contributed by atoms with E-state index in [9.17, 15) is 9.60 Å². The Morgan fingerprint density at radius 3 is 2.59 bits per heavy atom. The van der Waals surface area contributed by atoms with E-state index in [0.717, 1.165) is 10.3 Å². The van der Waals surface area contributed by atoms with Crippen LogP contribution in [0.3, 0.4) is 0 Å². The van der Waals surface area contributed by atoms with Crippen molar-refractivity contribution in [1.29, 1.82) is 0 Å². The van der Waals surface area contributed by atoms with E-state index in [2.05, 4.69) is 4.98 Å². The summed E-state index contributed by atoms with van der Waals surface area (Å²) in [6.07, 6.45) is 0. The van der Waals surface area contributed by atoms with E-state index in [1.165, 1.54) is 12.1 Å². The minimum Gasteiger partial charge on any atom is -0.426 e. The number of imidazole rings is 1. The van der Waals surface area contributed by atoms with E-state index in [1.54, 1.807) is 6.07 Å². The van der Waals surface area contributed by atoms with Gasteiger partial charge in [0.2, 0.25) is 0 Å². The average Bonchev–Trinajstić information content (AvgIpc) is 2.68. The molecule has 0 saturated carbocycles. The normalized spacial score (nSPS) is 10.9. The zero-order valence-electron chi connectivity index (χ0n) is 8.84. The van der Waals surface area contributed by atoms with Crippen molar-refractivity contribution in [3.05, 3.63) is 54.3 Å². The summed E-state index contributed by atoms with van der Waals surface area (Å²) in [6.45, 7) is 0. The Balaban J connectivity index is 2.28. The van der Waals surface area contributed by atoms with Crippen molar-refractivity contribution in [2.24, 2.45) is 0 Å². The van der Waals surface area contributed by atoms with Gasteiger partial charge in [-0.05, 0) is 12.1 Å². The molecule has 1 heterocycles. The Labute approximate surface area is 96.7 Å². The lowest BCUT2D eigenvalue weighted by molar-refractivity contribution is 0.203. The van der Waals surface area contributed by atoms with Crippen LogP contribution in [-0.4, -0.2) is 14.9 Å². The molecule has 2 aromatic carbocycles. The van der Waals surface area contributed by atoms with Crippen LogP contribution in [0.15, 0.2) is 48.5 Å². The van der Waals surface area contributed by atoms with Crippen LogP contribution < -0.4 is 0 Å². The molecule has 4 heteroatoms. The van der Waals surface area contributed by atoms with Crippen molar-refractivity contribution in [2.45, 2.75) is 0 Å². The van der Waals surface area contributed by atoms with Crippen molar-refractivity contribution in [3.8, 4) is 11.4 Å². The van der Waals surface area contributed by atoms with Crippen LogP contribution in [0, 0.1) is 5.82 Å². The molecule has 3 nitrogen and oxygen atoms in total. The summed E-state index contributed by atoms with van der Waals surface area (Å²) in [5.41, 5.74) is 1.71. The van der Waals surface area contributed by atoms with Gasteiger partial charge < -0.3 is 5.21 Å². The Morgan fingerprint density at radius 2 is 1.82 bits per heavy atom. The summed E-state index contributed by atoms with van der Waals surface area (Å²) in [7, 11) is 0.